The van der Waals surface area contributed by atoms with Crippen LogP contribution < -0.4 is 0 Å². The normalized spacial score (nSPS) is 12.7. The van der Waals surface area contributed by atoms with E-state index in [-0.39, 0.29) is 0 Å². The van der Waals surface area contributed by atoms with Crippen molar-refractivity contribution in [2.45, 2.75) is 13.0 Å². The second-order valence-electron chi connectivity index (χ2n) is 3.32. The molecule has 15 heavy (non-hydrogen) atoms. The first-order chi connectivity index (χ1) is 7.18. The van der Waals surface area contributed by atoms with Crippen molar-refractivity contribution in [3.63, 3.8) is 0 Å². The second-order valence-corrected chi connectivity index (χ2v) is 4.96. The Morgan fingerprint density at radius 3 is 2.87 bits per heavy atom. The first-order valence-electron chi connectivity index (χ1n) is 4.52. The maximum Gasteiger partial charge on any atom is 0.123 e. The number of aliphatic hydroxyl groups is 1. The number of aliphatic hydroxyl groups excluding tert-OH is 1. The summed E-state index contributed by atoms with van der Waals surface area (Å²) in [6.07, 6.45) is -0.591. The lowest BCUT2D eigenvalue weighted by molar-refractivity contribution is 0.223. The molecule has 0 aliphatic rings. The molecule has 2 aromatic rings. The minimum atomic E-state index is -0.591. The molecule has 1 atom stereocenters. The van der Waals surface area contributed by atoms with Crippen molar-refractivity contribution in [3.05, 3.63) is 50.4 Å². The van der Waals surface area contributed by atoms with E-state index in [4.69, 9.17) is 0 Å². The van der Waals surface area contributed by atoms with Crippen molar-refractivity contribution >= 4 is 27.3 Å². The fourth-order valence-electron chi connectivity index (χ4n) is 1.41. The predicted molar refractivity (Wildman–Crippen MR) is 65.1 cm³/mol. The van der Waals surface area contributed by atoms with Crippen LogP contribution in [0.25, 0.3) is 0 Å². The zero-order valence-electron chi connectivity index (χ0n) is 8.14. The fraction of sp³-hybridized carbons (Fsp3) is 0.182. The Bertz CT molecular complexity index is 469. The number of rotatable bonds is 2. The molecule has 2 nitrogen and oxygen atoms in total. The third-order valence-corrected chi connectivity index (χ3v) is 3.93. The Morgan fingerprint density at radius 1 is 1.47 bits per heavy atom. The van der Waals surface area contributed by atoms with Gasteiger partial charge in [-0.1, -0.05) is 29.8 Å². The summed E-state index contributed by atoms with van der Waals surface area (Å²) in [6.45, 7) is 2.01. The highest BCUT2D eigenvalue weighted by molar-refractivity contribution is 9.10. The van der Waals surface area contributed by atoms with E-state index in [0.717, 1.165) is 20.6 Å². The Morgan fingerprint density at radius 2 is 2.27 bits per heavy atom. The van der Waals surface area contributed by atoms with E-state index in [2.05, 4.69) is 20.9 Å². The summed E-state index contributed by atoms with van der Waals surface area (Å²) in [7, 11) is 0. The van der Waals surface area contributed by atoms with Crippen LogP contribution in [0.1, 0.15) is 22.1 Å². The first-order valence-corrected chi connectivity index (χ1v) is 6.19. The number of halogens is 1. The number of hydrogen-bond donors (Lipinski definition) is 1. The standard InChI is InChI=1S/C11H10BrNOS/c1-7-3-2-4-8(5-7)9(14)10-11(12)13-6-15-10/h2-6,9,14H,1H3. The lowest BCUT2D eigenvalue weighted by Gasteiger charge is -2.09. The smallest absolute Gasteiger partial charge is 0.123 e. The zero-order valence-corrected chi connectivity index (χ0v) is 10.5. The summed E-state index contributed by atoms with van der Waals surface area (Å²) >= 11 is 4.77. The number of thiazole rings is 1. The molecule has 0 amide bonds. The second kappa shape index (κ2) is 4.43. The van der Waals surface area contributed by atoms with Gasteiger partial charge in [0.1, 0.15) is 10.7 Å². The van der Waals surface area contributed by atoms with E-state index in [1.54, 1.807) is 5.51 Å². The van der Waals surface area contributed by atoms with Crippen molar-refractivity contribution < 1.29 is 5.11 Å². The molecule has 1 heterocycles. The van der Waals surface area contributed by atoms with Crippen LogP contribution in [0.4, 0.5) is 0 Å². The van der Waals surface area contributed by atoms with Gasteiger partial charge >= 0.3 is 0 Å². The van der Waals surface area contributed by atoms with Gasteiger partial charge in [-0.3, -0.25) is 0 Å². The van der Waals surface area contributed by atoms with Crippen LogP contribution in [0, 0.1) is 6.92 Å². The van der Waals surface area contributed by atoms with E-state index < -0.39 is 6.10 Å². The van der Waals surface area contributed by atoms with Gasteiger partial charge in [-0.05, 0) is 28.4 Å². The van der Waals surface area contributed by atoms with Gasteiger partial charge in [0.15, 0.2) is 0 Å². The molecule has 0 bridgehead atoms. The van der Waals surface area contributed by atoms with Gasteiger partial charge in [-0.2, -0.15) is 0 Å². The lowest BCUT2D eigenvalue weighted by atomic mass is 10.1. The SMILES string of the molecule is Cc1cccc(C(O)c2scnc2Br)c1. The van der Waals surface area contributed by atoms with E-state index in [9.17, 15) is 5.11 Å². The van der Waals surface area contributed by atoms with Crippen LogP contribution in [0.5, 0.6) is 0 Å². The van der Waals surface area contributed by atoms with Gasteiger partial charge in [0, 0.05) is 0 Å². The quantitative estimate of drug-likeness (QED) is 0.918. The van der Waals surface area contributed by atoms with E-state index in [1.165, 1.54) is 11.3 Å². The predicted octanol–water partition coefficient (Wildman–Crippen LogP) is 3.30. The highest BCUT2D eigenvalue weighted by atomic mass is 79.9. The Kier molecular flexibility index (Phi) is 3.19. The van der Waals surface area contributed by atoms with Crippen molar-refractivity contribution in [1.82, 2.24) is 4.98 Å². The van der Waals surface area contributed by atoms with Gasteiger partial charge in [-0.15, -0.1) is 11.3 Å². The van der Waals surface area contributed by atoms with Gasteiger partial charge in [-0.25, -0.2) is 4.98 Å². The molecule has 4 heteroatoms. The first kappa shape index (κ1) is 10.8. The Hall–Kier alpha value is -0.710. The largest absolute Gasteiger partial charge is 0.383 e. The summed E-state index contributed by atoms with van der Waals surface area (Å²) in [5, 5.41) is 10.1. The average molecular weight is 284 g/mol. The summed E-state index contributed by atoms with van der Waals surface area (Å²) in [6, 6.07) is 7.86. The van der Waals surface area contributed by atoms with Crippen LogP contribution in [-0.2, 0) is 0 Å². The average Bonchev–Trinajstić information content (AvgIpc) is 2.63. The van der Waals surface area contributed by atoms with Gasteiger partial charge in [0.25, 0.3) is 0 Å². The molecule has 1 aromatic carbocycles. The number of hydrogen-bond acceptors (Lipinski definition) is 3. The summed E-state index contributed by atoms with van der Waals surface area (Å²) in [4.78, 5) is 4.91. The maximum atomic E-state index is 10.1. The summed E-state index contributed by atoms with van der Waals surface area (Å²) in [5.74, 6) is 0. The maximum absolute atomic E-state index is 10.1. The fourth-order valence-corrected chi connectivity index (χ4v) is 2.83. The third kappa shape index (κ3) is 2.27. The monoisotopic (exact) mass is 283 g/mol. The topological polar surface area (TPSA) is 33.1 Å². The minimum Gasteiger partial charge on any atom is -0.383 e. The molecule has 0 fully saturated rings. The van der Waals surface area contributed by atoms with Crippen LogP contribution >= 0.6 is 27.3 Å². The Balaban J connectivity index is 2.36. The molecule has 2 rings (SSSR count). The van der Waals surface area contributed by atoms with Gasteiger partial charge < -0.3 is 5.11 Å². The lowest BCUT2D eigenvalue weighted by Crippen LogP contribution is -1.98. The third-order valence-electron chi connectivity index (χ3n) is 2.16. The molecule has 0 saturated heterocycles. The van der Waals surface area contributed by atoms with Gasteiger partial charge in [0.2, 0.25) is 0 Å². The summed E-state index contributed by atoms with van der Waals surface area (Å²) in [5.41, 5.74) is 3.77. The number of aromatic nitrogens is 1. The minimum absolute atomic E-state index is 0.591. The molecule has 0 spiro atoms. The van der Waals surface area contributed by atoms with E-state index in [1.807, 2.05) is 31.2 Å². The highest BCUT2D eigenvalue weighted by Gasteiger charge is 2.15. The Labute approximate surface area is 101 Å². The summed E-state index contributed by atoms with van der Waals surface area (Å²) < 4.78 is 0.724. The van der Waals surface area contributed by atoms with Crippen molar-refractivity contribution in [1.29, 1.82) is 0 Å². The molecule has 0 saturated carbocycles. The molecule has 0 aliphatic carbocycles. The molecule has 1 N–H and O–H groups in total. The van der Waals surface area contributed by atoms with E-state index >= 15 is 0 Å². The van der Waals surface area contributed by atoms with Crippen LogP contribution in [-0.4, -0.2) is 10.1 Å². The molecule has 0 radical (unpaired) electrons. The molecule has 1 unspecified atom stereocenters. The van der Waals surface area contributed by atoms with Crippen molar-refractivity contribution in [2.24, 2.45) is 0 Å². The zero-order chi connectivity index (χ0) is 10.8. The number of benzene rings is 1. The van der Waals surface area contributed by atoms with Crippen LogP contribution in [0.2, 0.25) is 0 Å². The molecular weight excluding hydrogens is 274 g/mol. The van der Waals surface area contributed by atoms with Crippen molar-refractivity contribution in [2.75, 3.05) is 0 Å². The molecular formula is C11H10BrNOS. The molecule has 78 valence electrons. The van der Waals surface area contributed by atoms with Gasteiger partial charge in [0.05, 0.1) is 10.4 Å². The van der Waals surface area contributed by atoms with Crippen molar-refractivity contribution in [3.8, 4) is 0 Å². The number of aryl methyl sites for hydroxylation is 1. The van der Waals surface area contributed by atoms with Crippen LogP contribution in [0.15, 0.2) is 34.4 Å². The number of nitrogens with zero attached hydrogens (tertiary/aromatic N) is 1. The highest BCUT2D eigenvalue weighted by Crippen LogP contribution is 2.31. The van der Waals surface area contributed by atoms with E-state index in [0.29, 0.717) is 0 Å². The molecule has 1 aromatic heterocycles. The van der Waals surface area contributed by atoms with Crippen LogP contribution in [0.3, 0.4) is 0 Å². The molecule has 0 aliphatic heterocycles.